The molecular formula is C16H20ClN3O4. The Hall–Kier alpha value is -2.28. The molecule has 0 spiro atoms. The van der Waals surface area contributed by atoms with Gasteiger partial charge in [0.05, 0.1) is 0 Å². The molecule has 1 aromatic carbocycles. The van der Waals surface area contributed by atoms with E-state index < -0.39 is 5.97 Å². The molecule has 8 heteroatoms. The van der Waals surface area contributed by atoms with Crippen LogP contribution in [0.25, 0.3) is 0 Å². The summed E-state index contributed by atoms with van der Waals surface area (Å²) in [4.78, 5) is 37.7. The number of carboxylic acid groups (broad SMARTS) is 1. The molecule has 0 atom stereocenters. The summed E-state index contributed by atoms with van der Waals surface area (Å²) in [6, 6.07) is 6.97. The van der Waals surface area contributed by atoms with Gasteiger partial charge in [0.2, 0.25) is 5.91 Å². The Morgan fingerprint density at radius 1 is 1.21 bits per heavy atom. The van der Waals surface area contributed by atoms with Crippen LogP contribution in [0.5, 0.6) is 0 Å². The normalized spacial score (nSPS) is 14.6. The van der Waals surface area contributed by atoms with Crippen LogP contribution < -0.4 is 5.32 Å². The van der Waals surface area contributed by atoms with Crippen LogP contribution in [0.2, 0.25) is 5.02 Å². The summed E-state index contributed by atoms with van der Waals surface area (Å²) in [5.41, 5.74) is 0.985. The zero-order chi connectivity index (χ0) is 17.5. The molecule has 0 unspecified atom stereocenters. The van der Waals surface area contributed by atoms with Crippen LogP contribution in [0, 0.1) is 0 Å². The number of rotatable bonds is 6. The van der Waals surface area contributed by atoms with Crippen molar-refractivity contribution < 1.29 is 19.5 Å². The number of hydrogen-bond acceptors (Lipinski definition) is 3. The molecule has 0 radical (unpaired) electrons. The molecule has 2 N–H and O–H groups in total. The number of amides is 3. The number of halogens is 1. The predicted octanol–water partition coefficient (Wildman–Crippen LogP) is 1.56. The Morgan fingerprint density at radius 3 is 2.54 bits per heavy atom. The number of aliphatic carboxylic acids is 1. The predicted molar refractivity (Wildman–Crippen MR) is 88.7 cm³/mol. The molecule has 0 aromatic heterocycles. The van der Waals surface area contributed by atoms with Gasteiger partial charge < -0.3 is 20.2 Å². The van der Waals surface area contributed by atoms with Crippen LogP contribution >= 0.6 is 11.6 Å². The van der Waals surface area contributed by atoms with Gasteiger partial charge in [-0.15, -0.1) is 0 Å². The monoisotopic (exact) mass is 353 g/mol. The molecule has 24 heavy (non-hydrogen) atoms. The quantitative estimate of drug-likeness (QED) is 0.759. The summed E-state index contributed by atoms with van der Waals surface area (Å²) >= 11 is 5.84. The third kappa shape index (κ3) is 5.42. The highest BCUT2D eigenvalue weighted by Crippen LogP contribution is 2.13. The fraction of sp³-hybridized carbons (Fsp3) is 0.438. The van der Waals surface area contributed by atoms with Crippen molar-refractivity contribution in [2.24, 2.45) is 0 Å². The summed E-state index contributed by atoms with van der Waals surface area (Å²) in [7, 11) is 0. The van der Waals surface area contributed by atoms with Crippen molar-refractivity contribution >= 4 is 29.5 Å². The second kappa shape index (κ2) is 8.54. The van der Waals surface area contributed by atoms with E-state index in [2.05, 4.69) is 5.32 Å². The highest BCUT2D eigenvalue weighted by Gasteiger charge is 2.26. The van der Waals surface area contributed by atoms with Gasteiger partial charge in [0.25, 0.3) is 0 Å². The lowest BCUT2D eigenvalue weighted by molar-refractivity contribution is -0.137. The number of carbonyl (C=O) groups is 3. The summed E-state index contributed by atoms with van der Waals surface area (Å²) in [5, 5.41) is 11.8. The zero-order valence-corrected chi connectivity index (χ0v) is 14.0. The minimum Gasteiger partial charge on any atom is -0.481 e. The topological polar surface area (TPSA) is 89.9 Å². The minimum atomic E-state index is -0.893. The van der Waals surface area contributed by atoms with Gasteiger partial charge in [-0.1, -0.05) is 23.7 Å². The molecule has 3 amide bonds. The number of carbonyl (C=O) groups excluding carboxylic acids is 2. The van der Waals surface area contributed by atoms with Crippen molar-refractivity contribution in [2.75, 3.05) is 26.2 Å². The third-order valence-electron chi connectivity index (χ3n) is 3.74. The van der Waals surface area contributed by atoms with E-state index in [0.717, 1.165) is 5.56 Å². The zero-order valence-electron chi connectivity index (χ0n) is 13.2. The van der Waals surface area contributed by atoms with Crippen LogP contribution in [-0.4, -0.2) is 59.0 Å². The van der Waals surface area contributed by atoms with Crippen LogP contribution in [-0.2, 0) is 16.1 Å². The van der Waals surface area contributed by atoms with Crippen molar-refractivity contribution in [1.29, 1.82) is 0 Å². The lowest BCUT2D eigenvalue weighted by Gasteiger charge is -2.34. The van der Waals surface area contributed by atoms with Gasteiger partial charge in [-0.3, -0.25) is 9.59 Å². The largest absolute Gasteiger partial charge is 0.481 e. The molecule has 1 aliphatic heterocycles. The SMILES string of the molecule is O=C(O)CCCNC(=O)N1CCN(Cc2ccc(Cl)cc2)C(=O)C1. The Labute approximate surface area is 145 Å². The molecular weight excluding hydrogens is 334 g/mol. The molecule has 0 bridgehead atoms. The van der Waals surface area contributed by atoms with Gasteiger partial charge in [-0.05, 0) is 24.1 Å². The van der Waals surface area contributed by atoms with Crippen LogP contribution in [0.4, 0.5) is 4.79 Å². The van der Waals surface area contributed by atoms with E-state index in [1.165, 1.54) is 4.90 Å². The summed E-state index contributed by atoms with van der Waals surface area (Å²) in [6.07, 6.45) is 0.375. The number of hydrogen-bond donors (Lipinski definition) is 2. The van der Waals surface area contributed by atoms with Crippen molar-refractivity contribution in [2.45, 2.75) is 19.4 Å². The van der Waals surface area contributed by atoms with Gasteiger partial charge in [-0.2, -0.15) is 0 Å². The van der Waals surface area contributed by atoms with E-state index in [0.29, 0.717) is 31.1 Å². The Morgan fingerprint density at radius 2 is 1.92 bits per heavy atom. The number of carboxylic acids is 1. The number of urea groups is 1. The molecule has 7 nitrogen and oxygen atoms in total. The number of nitrogens with zero attached hydrogens (tertiary/aromatic N) is 2. The summed E-state index contributed by atoms with van der Waals surface area (Å²) < 4.78 is 0. The lowest BCUT2D eigenvalue weighted by Crippen LogP contribution is -2.54. The fourth-order valence-electron chi connectivity index (χ4n) is 2.41. The second-order valence-electron chi connectivity index (χ2n) is 5.59. The van der Waals surface area contributed by atoms with Crippen molar-refractivity contribution in [1.82, 2.24) is 15.1 Å². The van der Waals surface area contributed by atoms with E-state index >= 15 is 0 Å². The molecule has 1 saturated heterocycles. The Bertz CT molecular complexity index is 606. The highest BCUT2D eigenvalue weighted by molar-refractivity contribution is 6.30. The molecule has 0 aliphatic carbocycles. The van der Waals surface area contributed by atoms with Crippen molar-refractivity contribution in [3.8, 4) is 0 Å². The fourth-order valence-corrected chi connectivity index (χ4v) is 2.53. The molecule has 0 saturated carbocycles. The molecule has 1 heterocycles. The average molecular weight is 354 g/mol. The number of nitrogens with one attached hydrogen (secondary N) is 1. The van der Waals surface area contributed by atoms with Crippen molar-refractivity contribution in [3.05, 3.63) is 34.9 Å². The van der Waals surface area contributed by atoms with Crippen LogP contribution in [0.1, 0.15) is 18.4 Å². The summed E-state index contributed by atoms with van der Waals surface area (Å²) in [5.74, 6) is -1.01. The van der Waals surface area contributed by atoms with Gasteiger partial charge in [-0.25, -0.2) is 4.79 Å². The van der Waals surface area contributed by atoms with Gasteiger partial charge >= 0.3 is 12.0 Å². The Kier molecular flexibility index (Phi) is 6.43. The molecule has 2 rings (SSSR count). The molecule has 1 aliphatic rings. The molecule has 1 fully saturated rings. The first-order chi connectivity index (χ1) is 11.5. The maximum absolute atomic E-state index is 12.2. The third-order valence-corrected chi connectivity index (χ3v) is 3.99. The standard InChI is InChI=1S/C16H20ClN3O4/c17-13-5-3-12(4-6-13)10-19-8-9-20(11-14(19)21)16(24)18-7-1-2-15(22)23/h3-6H,1-2,7-11H2,(H,18,24)(H,22,23). The van der Waals surface area contributed by atoms with Crippen LogP contribution in [0.3, 0.4) is 0 Å². The average Bonchev–Trinajstić information content (AvgIpc) is 2.55. The van der Waals surface area contributed by atoms with Gasteiger partial charge in [0.15, 0.2) is 0 Å². The Balaban J connectivity index is 1.77. The van der Waals surface area contributed by atoms with E-state index in [-0.39, 0.29) is 31.4 Å². The maximum Gasteiger partial charge on any atom is 0.317 e. The van der Waals surface area contributed by atoms with Crippen molar-refractivity contribution in [3.63, 3.8) is 0 Å². The van der Waals surface area contributed by atoms with E-state index in [9.17, 15) is 14.4 Å². The number of piperazine rings is 1. The first-order valence-electron chi connectivity index (χ1n) is 7.72. The van der Waals surface area contributed by atoms with E-state index in [1.807, 2.05) is 12.1 Å². The number of benzene rings is 1. The lowest BCUT2D eigenvalue weighted by atomic mass is 10.2. The molecule has 1 aromatic rings. The first-order valence-corrected chi connectivity index (χ1v) is 8.10. The second-order valence-corrected chi connectivity index (χ2v) is 6.03. The minimum absolute atomic E-state index is 0.00802. The van der Waals surface area contributed by atoms with E-state index in [1.54, 1.807) is 17.0 Å². The first kappa shape index (κ1) is 18.1. The summed E-state index contributed by atoms with van der Waals surface area (Å²) in [6.45, 7) is 1.71. The molecule has 130 valence electrons. The van der Waals surface area contributed by atoms with Crippen LogP contribution in [0.15, 0.2) is 24.3 Å². The van der Waals surface area contributed by atoms with Gasteiger partial charge in [0.1, 0.15) is 6.54 Å². The maximum atomic E-state index is 12.2. The van der Waals surface area contributed by atoms with Gasteiger partial charge in [0, 0.05) is 37.6 Å². The smallest absolute Gasteiger partial charge is 0.317 e. The highest BCUT2D eigenvalue weighted by atomic mass is 35.5. The van der Waals surface area contributed by atoms with E-state index in [4.69, 9.17) is 16.7 Å².